The molecule has 12 heavy (non-hydrogen) atoms. The number of halogens is 5. The summed E-state index contributed by atoms with van der Waals surface area (Å²) in [6, 6.07) is 0. The average molecular weight is 268 g/mol. The summed E-state index contributed by atoms with van der Waals surface area (Å²) < 4.78 is -3.24. The van der Waals surface area contributed by atoms with Crippen LogP contribution >= 0.6 is 58.0 Å². The molecule has 68 valence electrons. The van der Waals surface area contributed by atoms with E-state index in [1.165, 1.54) is 12.2 Å². The number of alkyl halides is 4. The molecule has 0 amide bonds. The lowest BCUT2D eigenvalue weighted by atomic mass is 10.1. The highest BCUT2D eigenvalue weighted by atomic mass is 35.5. The van der Waals surface area contributed by atoms with Gasteiger partial charge < -0.3 is 5.11 Å². The Kier molecular flexibility index (Phi) is 2.83. The molecule has 6 heteroatoms. The van der Waals surface area contributed by atoms with Crippen LogP contribution in [0.4, 0.5) is 0 Å². The second-order valence-electron chi connectivity index (χ2n) is 2.23. The van der Waals surface area contributed by atoms with Crippen LogP contribution in [0.1, 0.15) is 0 Å². The summed E-state index contributed by atoms with van der Waals surface area (Å²) in [5.41, 5.74) is 0. The summed E-state index contributed by atoms with van der Waals surface area (Å²) in [6.45, 7) is 0. The molecule has 1 aliphatic rings. The van der Waals surface area contributed by atoms with Crippen molar-refractivity contribution in [1.29, 1.82) is 0 Å². The molecule has 0 aromatic carbocycles. The summed E-state index contributed by atoms with van der Waals surface area (Å²) in [4.78, 5) is 0. The Balaban J connectivity index is 3.21. The predicted molar refractivity (Wildman–Crippen MR) is 53.5 cm³/mol. The number of hydrogen-bond acceptors (Lipinski definition) is 1. The first-order valence-electron chi connectivity index (χ1n) is 2.83. The summed E-state index contributed by atoms with van der Waals surface area (Å²) in [5.74, 6) is -0.237. The van der Waals surface area contributed by atoms with Crippen LogP contribution < -0.4 is 0 Å². The van der Waals surface area contributed by atoms with Crippen LogP contribution in [0.2, 0.25) is 0 Å². The third-order valence-corrected chi connectivity index (χ3v) is 4.22. The normalized spacial score (nSPS) is 26.1. The van der Waals surface area contributed by atoms with E-state index in [0.29, 0.717) is 0 Å². The van der Waals surface area contributed by atoms with E-state index in [1.54, 1.807) is 0 Å². The highest BCUT2D eigenvalue weighted by Gasteiger charge is 2.51. The minimum atomic E-state index is -1.71. The molecule has 1 nitrogen and oxygen atoms in total. The molecule has 0 bridgehead atoms. The lowest BCUT2D eigenvalue weighted by Crippen LogP contribution is -2.37. The van der Waals surface area contributed by atoms with Crippen LogP contribution in [-0.4, -0.2) is 13.8 Å². The van der Waals surface area contributed by atoms with Gasteiger partial charge in [-0.3, -0.25) is 0 Å². The van der Waals surface area contributed by atoms with Gasteiger partial charge in [-0.15, -0.1) is 0 Å². The van der Waals surface area contributed by atoms with Gasteiger partial charge in [-0.2, -0.15) is 0 Å². The molecule has 0 aromatic rings. The fourth-order valence-corrected chi connectivity index (χ4v) is 1.61. The minimum absolute atomic E-state index is 0.182. The van der Waals surface area contributed by atoms with E-state index >= 15 is 0 Å². The zero-order valence-corrected chi connectivity index (χ0v) is 9.27. The van der Waals surface area contributed by atoms with Gasteiger partial charge in [-0.1, -0.05) is 58.0 Å². The molecule has 0 atom stereocenters. The molecule has 0 saturated carbocycles. The van der Waals surface area contributed by atoms with Crippen molar-refractivity contribution in [1.82, 2.24) is 0 Å². The van der Waals surface area contributed by atoms with Crippen LogP contribution in [-0.2, 0) is 0 Å². The van der Waals surface area contributed by atoms with Crippen molar-refractivity contribution < 1.29 is 5.11 Å². The Morgan fingerprint density at radius 1 is 1.17 bits per heavy atom. The van der Waals surface area contributed by atoms with E-state index < -0.39 is 8.67 Å². The van der Waals surface area contributed by atoms with E-state index in [9.17, 15) is 0 Å². The third kappa shape index (κ3) is 1.53. The summed E-state index contributed by atoms with van der Waals surface area (Å²) in [6.07, 6.45) is 2.50. The summed E-state index contributed by atoms with van der Waals surface area (Å²) in [7, 11) is 0. The second kappa shape index (κ2) is 3.14. The smallest absolute Gasteiger partial charge is 0.193 e. The van der Waals surface area contributed by atoms with E-state index in [1.807, 2.05) is 0 Å². The lowest BCUT2D eigenvalue weighted by molar-refractivity contribution is 0.422. The number of allylic oxidation sites excluding steroid dienone is 3. The van der Waals surface area contributed by atoms with Gasteiger partial charge in [0.05, 0.1) is 5.03 Å². The van der Waals surface area contributed by atoms with Gasteiger partial charge in [0.15, 0.2) is 8.67 Å². The van der Waals surface area contributed by atoms with Crippen molar-refractivity contribution >= 4 is 58.0 Å². The zero-order chi connectivity index (χ0) is 9.57. The SMILES string of the molecule is OC1=C(Cl)C(Cl)(Cl)C(Cl)(Cl)C=C1. The highest BCUT2D eigenvalue weighted by Crippen LogP contribution is 2.52. The highest BCUT2D eigenvalue weighted by molar-refractivity contribution is 6.67. The first-order valence-corrected chi connectivity index (χ1v) is 4.72. The number of hydrogen-bond donors (Lipinski definition) is 1. The number of aliphatic hydroxyl groups is 1. The monoisotopic (exact) mass is 266 g/mol. The molecule has 0 aliphatic heterocycles. The van der Waals surface area contributed by atoms with Gasteiger partial charge in [-0.25, -0.2) is 0 Å². The maximum atomic E-state index is 9.12. The first kappa shape index (κ1) is 10.8. The van der Waals surface area contributed by atoms with Crippen LogP contribution in [0.3, 0.4) is 0 Å². The van der Waals surface area contributed by atoms with Crippen LogP contribution in [0.25, 0.3) is 0 Å². The average Bonchev–Trinajstić information content (AvgIpc) is 1.96. The molecular weight excluding hydrogens is 265 g/mol. The molecule has 0 aromatic heterocycles. The summed E-state index contributed by atoms with van der Waals surface area (Å²) >= 11 is 28.4. The molecule has 0 fully saturated rings. The van der Waals surface area contributed by atoms with Crippen LogP contribution in [0.5, 0.6) is 0 Å². The third-order valence-electron chi connectivity index (χ3n) is 1.37. The van der Waals surface area contributed by atoms with Crippen molar-refractivity contribution in [2.24, 2.45) is 0 Å². The number of aliphatic hydroxyl groups excluding tert-OH is 1. The minimum Gasteiger partial charge on any atom is -0.507 e. The molecular formula is C6H3Cl5O. The predicted octanol–water partition coefficient (Wildman–Crippen LogP) is 3.91. The molecule has 0 heterocycles. The van der Waals surface area contributed by atoms with Gasteiger partial charge >= 0.3 is 0 Å². The van der Waals surface area contributed by atoms with Gasteiger partial charge in [0.1, 0.15) is 5.76 Å². The second-order valence-corrected chi connectivity index (χ2v) is 5.32. The quantitative estimate of drug-likeness (QED) is 0.660. The maximum absolute atomic E-state index is 9.12. The van der Waals surface area contributed by atoms with E-state index in [0.717, 1.165) is 0 Å². The summed E-state index contributed by atoms with van der Waals surface area (Å²) in [5, 5.41) is 8.94. The molecule has 1 N–H and O–H groups in total. The fraction of sp³-hybridized carbons (Fsp3) is 0.333. The largest absolute Gasteiger partial charge is 0.507 e. The van der Waals surface area contributed by atoms with Gasteiger partial charge in [0, 0.05) is 0 Å². The zero-order valence-electron chi connectivity index (χ0n) is 5.49. The van der Waals surface area contributed by atoms with Crippen molar-refractivity contribution in [2.45, 2.75) is 8.67 Å². The van der Waals surface area contributed by atoms with E-state index in [4.69, 9.17) is 63.1 Å². The Morgan fingerprint density at radius 3 is 2.08 bits per heavy atom. The maximum Gasteiger partial charge on any atom is 0.193 e. The van der Waals surface area contributed by atoms with Crippen molar-refractivity contribution in [2.75, 3.05) is 0 Å². The molecule has 0 saturated heterocycles. The topological polar surface area (TPSA) is 20.2 Å². The molecule has 0 radical (unpaired) electrons. The standard InChI is InChI=1S/C6H3Cl5O/c7-4-3(12)1-2-5(8,9)6(4,10)11/h1-2,12H. The van der Waals surface area contributed by atoms with Gasteiger partial charge in [-0.05, 0) is 12.2 Å². The van der Waals surface area contributed by atoms with Gasteiger partial charge in [0.25, 0.3) is 0 Å². The van der Waals surface area contributed by atoms with Crippen molar-refractivity contribution in [3.05, 3.63) is 22.9 Å². The number of rotatable bonds is 0. The van der Waals surface area contributed by atoms with Crippen molar-refractivity contribution in [3.63, 3.8) is 0 Å². The van der Waals surface area contributed by atoms with Crippen molar-refractivity contribution in [3.8, 4) is 0 Å². The Hall–Kier alpha value is 0.730. The fourth-order valence-electron chi connectivity index (χ4n) is 0.669. The van der Waals surface area contributed by atoms with E-state index in [-0.39, 0.29) is 10.8 Å². The first-order chi connectivity index (χ1) is 5.29. The molecule has 0 spiro atoms. The van der Waals surface area contributed by atoms with Gasteiger partial charge in [0.2, 0.25) is 0 Å². The Morgan fingerprint density at radius 2 is 1.67 bits per heavy atom. The van der Waals surface area contributed by atoms with Crippen LogP contribution in [0.15, 0.2) is 22.9 Å². The Bertz CT molecular complexity index is 265. The molecule has 1 rings (SSSR count). The van der Waals surface area contributed by atoms with E-state index in [2.05, 4.69) is 0 Å². The lowest BCUT2D eigenvalue weighted by Gasteiger charge is -2.32. The van der Waals surface area contributed by atoms with Crippen LogP contribution in [0, 0.1) is 0 Å². The molecule has 1 aliphatic carbocycles. The Labute approximate surface area is 94.5 Å². The molecule has 0 unspecified atom stereocenters.